The summed E-state index contributed by atoms with van der Waals surface area (Å²) in [6.45, 7) is 10.2. The van der Waals surface area contributed by atoms with Crippen LogP contribution in [0.4, 0.5) is 17.2 Å². The van der Waals surface area contributed by atoms with Gasteiger partial charge in [0.2, 0.25) is 5.91 Å². The second-order valence-corrected chi connectivity index (χ2v) is 9.53. The molecular weight excluding hydrogens is 374 g/mol. The number of rotatable bonds is 4. The Balaban J connectivity index is 1.71. The molecule has 1 saturated heterocycles. The Morgan fingerprint density at radius 3 is 2.70 bits per heavy atom. The number of aromatic nitrogens is 2. The SMILES string of the molecule is Cc1cc(C2=Nc3cccnc3CC2)nc(N2CCCC2)c1NC(=O)CC(C)(C)C. The fourth-order valence-electron chi connectivity index (χ4n) is 4.13. The predicted molar refractivity (Wildman–Crippen MR) is 122 cm³/mol. The number of hydrogen-bond acceptors (Lipinski definition) is 5. The fourth-order valence-corrected chi connectivity index (χ4v) is 4.13. The lowest BCUT2D eigenvalue weighted by Crippen LogP contribution is -2.26. The average molecular weight is 406 g/mol. The first-order valence-corrected chi connectivity index (χ1v) is 10.9. The fraction of sp³-hybridized carbons (Fsp3) is 0.500. The Morgan fingerprint density at radius 1 is 1.20 bits per heavy atom. The lowest BCUT2D eigenvalue weighted by Gasteiger charge is -2.25. The number of aryl methyl sites for hydroxylation is 2. The molecule has 2 aromatic rings. The van der Waals surface area contributed by atoms with E-state index in [1.165, 1.54) is 0 Å². The Kier molecular flexibility index (Phi) is 5.58. The summed E-state index contributed by atoms with van der Waals surface area (Å²) in [5, 5.41) is 3.17. The smallest absolute Gasteiger partial charge is 0.225 e. The molecule has 0 saturated carbocycles. The van der Waals surface area contributed by atoms with Crippen LogP contribution in [0.15, 0.2) is 29.4 Å². The van der Waals surface area contributed by atoms with Gasteiger partial charge in [0.25, 0.3) is 0 Å². The van der Waals surface area contributed by atoms with Gasteiger partial charge in [0, 0.05) is 25.7 Å². The molecule has 4 heterocycles. The van der Waals surface area contributed by atoms with Crippen molar-refractivity contribution in [1.29, 1.82) is 0 Å². The van der Waals surface area contributed by atoms with Crippen molar-refractivity contribution in [2.75, 3.05) is 23.3 Å². The van der Waals surface area contributed by atoms with Gasteiger partial charge in [0.15, 0.2) is 5.82 Å². The average Bonchev–Trinajstić information content (AvgIpc) is 3.22. The van der Waals surface area contributed by atoms with Crippen molar-refractivity contribution in [3.63, 3.8) is 0 Å². The molecule has 0 atom stereocenters. The van der Waals surface area contributed by atoms with Crippen LogP contribution in [0.3, 0.4) is 0 Å². The van der Waals surface area contributed by atoms with Crippen LogP contribution < -0.4 is 10.2 Å². The van der Waals surface area contributed by atoms with E-state index in [9.17, 15) is 4.79 Å². The Bertz CT molecular complexity index is 984. The summed E-state index contributed by atoms with van der Waals surface area (Å²) < 4.78 is 0. The van der Waals surface area contributed by atoms with Crippen LogP contribution in [0, 0.1) is 12.3 Å². The van der Waals surface area contributed by atoms with Crippen LogP contribution in [-0.4, -0.2) is 34.7 Å². The number of nitrogens with zero attached hydrogens (tertiary/aromatic N) is 4. The van der Waals surface area contributed by atoms with Crippen LogP contribution in [0.25, 0.3) is 0 Å². The van der Waals surface area contributed by atoms with Gasteiger partial charge >= 0.3 is 0 Å². The molecule has 0 aliphatic carbocycles. The number of hydrogen-bond donors (Lipinski definition) is 1. The quantitative estimate of drug-likeness (QED) is 0.791. The van der Waals surface area contributed by atoms with Crippen molar-refractivity contribution in [3.8, 4) is 0 Å². The second kappa shape index (κ2) is 8.17. The van der Waals surface area contributed by atoms with Gasteiger partial charge < -0.3 is 10.2 Å². The van der Waals surface area contributed by atoms with E-state index >= 15 is 0 Å². The van der Waals surface area contributed by atoms with E-state index in [0.717, 1.165) is 78.6 Å². The minimum Gasteiger partial charge on any atom is -0.355 e. The van der Waals surface area contributed by atoms with Crippen LogP contribution in [0.2, 0.25) is 0 Å². The van der Waals surface area contributed by atoms with E-state index in [0.29, 0.717) is 6.42 Å². The molecule has 0 unspecified atom stereocenters. The summed E-state index contributed by atoms with van der Waals surface area (Å²) in [6, 6.07) is 6.00. The minimum absolute atomic E-state index is 0.0376. The Morgan fingerprint density at radius 2 is 1.97 bits per heavy atom. The third-order valence-corrected chi connectivity index (χ3v) is 5.57. The largest absolute Gasteiger partial charge is 0.355 e. The van der Waals surface area contributed by atoms with Crippen LogP contribution in [-0.2, 0) is 11.2 Å². The number of aliphatic imine (C=N–C) groups is 1. The molecule has 2 aliphatic rings. The maximum Gasteiger partial charge on any atom is 0.225 e. The van der Waals surface area contributed by atoms with Crippen LogP contribution in [0.1, 0.15) is 63.4 Å². The molecule has 4 rings (SSSR count). The van der Waals surface area contributed by atoms with Gasteiger partial charge in [-0.05, 0) is 61.8 Å². The van der Waals surface area contributed by atoms with Gasteiger partial charge in [-0.2, -0.15) is 0 Å². The number of carbonyl (C=O) groups excluding carboxylic acids is 1. The molecule has 30 heavy (non-hydrogen) atoms. The number of fused-ring (bicyclic) bond motifs is 1. The summed E-state index contributed by atoms with van der Waals surface area (Å²) in [4.78, 5) is 29.3. The van der Waals surface area contributed by atoms with Crippen molar-refractivity contribution in [2.45, 2.75) is 59.8 Å². The summed E-state index contributed by atoms with van der Waals surface area (Å²) in [6.07, 6.45) is 6.30. The van der Waals surface area contributed by atoms with E-state index in [2.05, 4.69) is 49.0 Å². The van der Waals surface area contributed by atoms with E-state index in [4.69, 9.17) is 9.98 Å². The predicted octanol–water partition coefficient (Wildman–Crippen LogP) is 4.83. The van der Waals surface area contributed by atoms with Crippen molar-refractivity contribution in [2.24, 2.45) is 10.4 Å². The lowest BCUT2D eigenvalue weighted by atomic mass is 9.92. The third kappa shape index (κ3) is 4.53. The molecule has 2 aromatic heterocycles. The zero-order valence-electron chi connectivity index (χ0n) is 18.5. The summed E-state index contributed by atoms with van der Waals surface area (Å²) in [7, 11) is 0. The van der Waals surface area contributed by atoms with E-state index < -0.39 is 0 Å². The molecular formula is C24H31N5O. The number of anilines is 2. The van der Waals surface area contributed by atoms with E-state index in [-0.39, 0.29) is 11.3 Å². The third-order valence-electron chi connectivity index (χ3n) is 5.57. The maximum atomic E-state index is 12.7. The first-order chi connectivity index (χ1) is 14.3. The first kappa shape index (κ1) is 20.5. The van der Waals surface area contributed by atoms with E-state index in [1.54, 1.807) is 0 Å². The molecule has 2 aliphatic heterocycles. The van der Waals surface area contributed by atoms with Gasteiger partial charge in [-0.25, -0.2) is 9.98 Å². The normalized spacial score (nSPS) is 16.3. The highest BCUT2D eigenvalue weighted by atomic mass is 16.1. The highest BCUT2D eigenvalue weighted by Crippen LogP contribution is 2.33. The molecule has 0 bridgehead atoms. The molecule has 6 heteroatoms. The molecule has 1 amide bonds. The minimum atomic E-state index is -0.0581. The maximum absolute atomic E-state index is 12.7. The topological polar surface area (TPSA) is 70.5 Å². The Labute approximate surface area is 178 Å². The number of pyridine rings is 2. The monoisotopic (exact) mass is 405 g/mol. The van der Waals surface area contributed by atoms with Gasteiger partial charge in [0.05, 0.1) is 28.5 Å². The molecule has 0 radical (unpaired) electrons. The highest BCUT2D eigenvalue weighted by Gasteiger charge is 2.25. The van der Waals surface area contributed by atoms with Crippen LogP contribution >= 0.6 is 0 Å². The standard InChI is InChI=1S/C24H31N5O/c1-16-14-20(19-10-9-17-18(26-19)8-7-11-25-17)27-23(29-12-5-6-13-29)22(16)28-21(30)15-24(2,3)4/h7-8,11,14H,5-6,9-10,12-13,15H2,1-4H3,(H,28,30). The van der Waals surface area contributed by atoms with Crippen molar-refractivity contribution in [3.05, 3.63) is 41.3 Å². The van der Waals surface area contributed by atoms with Crippen LogP contribution in [0.5, 0.6) is 0 Å². The number of nitrogens with one attached hydrogen (secondary N) is 1. The zero-order chi connectivity index (χ0) is 21.3. The molecule has 1 N–H and O–H groups in total. The molecule has 0 spiro atoms. The van der Waals surface area contributed by atoms with Gasteiger partial charge in [-0.15, -0.1) is 0 Å². The highest BCUT2D eigenvalue weighted by molar-refractivity contribution is 6.03. The summed E-state index contributed by atoms with van der Waals surface area (Å²) in [5.41, 5.74) is 5.69. The summed E-state index contributed by atoms with van der Waals surface area (Å²) in [5.74, 6) is 0.917. The van der Waals surface area contributed by atoms with Gasteiger partial charge in [-0.3, -0.25) is 9.78 Å². The molecule has 158 valence electrons. The van der Waals surface area contributed by atoms with E-state index in [1.807, 2.05) is 18.3 Å². The molecule has 6 nitrogen and oxygen atoms in total. The second-order valence-electron chi connectivity index (χ2n) is 9.53. The summed E-state index contributed by atoms with van der Waals surface area (Å²) >= 11 is 0. The molecule has 1 fully saturated rings. The Hall–Kier alpha value is -2.76. The number of carbonyl (C=O) groups is 1. The van der Waals surface area contributed by atoms with Crippen molar-refractivity contribution < 1.29 is 4.79 Å². The number of amides is 1. The van der Waals surface area contributed by atoms with Crippen molar-refractivity contribution >= 4 is 28.8 Å². The lowest BCUT2D eigenvalue weighted by molar-refractivity contribution is -0.117. The van der Waals surface area contributed by atoms with Gasteiger partial charge in [-0.1, -0.05) is 20.8 Å². The molecule has 0 aromatic carbocycles. The zero-order valence-corrected chi connectivity index (χ0v) is 18.5. The van der Waals surface area contributed by atoms with Gasteiger partial charge in [0.1, 0.15) is 0 Å². The first-order valence-electron chi connectivity index (χ1n) is 10.9. The van der Waals surface area contributed by atoms with Crippen molar-refractivity contribution in [1.82, 2.24) is 9.97 Å².